The molecule has 0 saturated heterocycles. The van der Waals surface area contributed by atoms with Crippen molar-refractivity contribution in [3.63, 3.8) is 0 Å². The third kappa shape index (κ3) is 5.48. The monoisotopic (exact) mass is 290 g/mol. The maximum absolute atomic E-state index is 12.0. The van der Waals surface area contributed by atoms with Crippen LogP contribution in [0.15, 0.2) is 24.3 Å². The van der Waals surface area contributed by atoms with Gasteiger partial charge < -0.3 is 9.47 Å². The minimum atomic E-state index is -1.05. The molecule has 1 atom stereocenters. The molecular weight excluding hydrogens is 272 g/mol. The number of ether oxygens (including phenoxy) is 2. The molecule has 0 saturated carbocycles. The van der Waals surface area contributed by atoms with E-state index in [-0.39, 0.29) is 0 Å². The first-order valence-corrected chi connectivity index (χ1v) is 7.85. The van der Waals surface area contributed by atoms with E-state index in [0.29, 0.717) is 29.7 Å². The molecule has 102 valence electrons. The largest absolute Gasteiger partial charge is 0.352 e. The molecule has 0 bridgehead atoms. The van der Waals surface area contributed by atoms with Crippen molar-refractivity contribution in [2.45, 2.75) is 25.9 Å². The summed E-state index contributed by atoms with van der Waals surface area (Å²) < 4.78 is 22.8. The van der Waals surface area contributed by atoms with Crippen LogP contribution in [0.2, 0.25) is 5.02 Å². The molecule has 0 aliphatic carbocycles. The second-order valence-corrected chi connectivity index (χ2v) is 5.59. The first-order chi connectivity index (χ1) is 8.67. The lowest BCUT2D eigenvalue weighted by molar-refractivity contribution is -0.120. The molecule has 0 N–H and O–H groups in total. The van der Waals surface area contributed by atoms with Crippen molar-refractivity contribution < 1.29 is 13.7 Å². The van der Waals surface area contributed by atoms with Crippen molar-refractivity contribution in [2.75, 3.05) is 19.0 Å². The molecule has 1 aromatic rings. The third-order valence-corrected chi connectivity index (χ3v) is 3.95. The van der Waals surface area contributed by atoms with Gasteiger partial charge in [0.05, 0.1) is 11.5 Å². The SMILES string of the molecule is CCOC(CS(=O)Cc1ccccc1Cl)OCC. The molecule has 1 aromatic carbocycles. The second-order valence-electron chi connectivity index (χ2n) is 3.68. The van der Waals surface area contributed by atoms with Crippen LogP contribution in [0.5, 0.6) is 0 Å². The summed E-state index contributed by atoms with van der Waals surface area (Å²) >= 11 is 6.03. The van der Waals surface area contributed by atoms with Crippen molar-refractivity contribution in [3.8, 4) is 0 Å². The highest BCUT2D eigenvalue weighted by Crippen LogP contribution is 2.17. The average Bonchev–Trinajstić information content (AvgIpc) is 2.33. The van der Waals surface area contributed by atoms with Crippen LogP contribution in [0.4, 0.5) is 0 Å². The molecule has 0 aliphatic heterocycles. The van der Waals surface area contributed by atoms with Gasteiger partial charge in [-0.25, -0.2) is 0 Å². The molecular formula is C13H19ClO3S. The van der Waals surface area contributed by atoms with E-state index in [4.69, 9.17) is 21.1 Å². The zero-order valence-corrected chi connectivity index (χ0v) is 12.3. The number of rotatable bonds is 8. The van der Waals surface area contributed by atoms with Gasteiger partial charge in [-0.1, -0.05) is 29.8 Å². The summed E-state index contributed by atoms with van der Waals surface area (Å²) in [5.74, 6) is 0.795. The molecule has 0 amide bonds. The molecule has 0 radical (unpaired) electrons. The highest BCUT2D eigenvalue weighted by Gasteiger charge is 2.14. The zero-order chi connectivity index (χ0) is 13.4. The molecule has 0 spiro atoms. The van der Waals surface area contributed by atoms with Gasteiger partial charge in [0.25, 0.3) is 0 Å². The summed E-state index contributed by atoms with van der Waals surface area (Å²) in [4.78, 5) is 0. The van der Waals surface area contributed by atoms with E-state index in [1.54, 1.807) is 6.07 Å². The third-order valence-electron chi connectivity index (χ3n) is 2.30. The Balaban J connectivity index is 2.52. The van der Waals surface area contributed by atoms with Crippen LogP contribution in [-0.4, -0.2) is 29.5 Å². The Hall–Kier alpha value is -0.420. The Morgan fingerprint density at radius 2 is 1.83 bits per heavy atom. The molecule has 1 rings (SSSR count). The van der Waals surface area contributed by atoms with Crippen molar-refractivity contribution in [2.24, 2.45) is 0 Å². The van der Waals surface area contributed by atoms with Crippen molar-refractivity contribution >= 4 is 22.4 Å². The molecule has 1 unspecified atom stereocenters. The van der Waals surface area contributed by atoms with Gasteiger partial charge in [0.15, 0.2) is 6.29 Å². The van der Waals surface area contributed by atoms with Crippen LogP contribution in [0.3, 0.4) is 0 Å². The molecule has 0 aliphatic rings. The van der Waals surface area contributed by atoms with E-state index >= 15 is 0 Å². The Morgan fingerprint density at radius 3 is 2.39 bits per heavy atom. The van der Waals surface area contributed by atoms with Crippen LogP contribution >= 0.6 is 11.6 Å². The van der Waals surface area contributed by atoms with Gasteiger partial charge in [-0.05, 0) is 25.5 Å². The summed E-state index contributed by atoms with van der Waals surface area (Å²) in [7, 11) is -1.05. The van der Waals surface area contributed by atoms with Gasteiger partial charge >= 0.3 is 0 Å². The quantitative estimate of drug-likeness (QED) is 0.691. The fourth-order valence-corrected chi connectivity index (χ4v) is 3.01. The minimum Gasteiger partial charge on any atom is -0.352 e. The lowest BCUT2D eigenvalue weighted by Crippen LogP contribution is -2.25. The number of hydrogen-bond acceptors (Lipinski definition) is 3. The van der Waals surface area contributed by atoms with E-state index in [2.05, 4.69) is 0 Å². The van der Waals surface area contributed by atoms with E-state index in [1.165, 1.54) is 0 Å². The normalized spacial score (nSPS) is 12.9. The van der Waals surface area contributed by atoms with Gasteiger partial charge in [0.1, 0.15) is 0 Å². The van der Waals surface area contributed by atoms with Crippen molar-refractivity contribution in [1.29, 1.82) is 0 Å². The number of halogens is 1. The summed E-state index contributed by atoms with van der Waals surface area (Å²) in [5, 5.41) is 0.648. The fourth-order valence-electron chi connectivity index (χ4n) is 1.52. The van der Waals surface area contributed by atoms with E-state index < -0.39 is 17.1 Å². The van der Waals surface area contributed by atoms with Crippen molar-refractivity contribution in [1.82, 2.24) is 0 Å². The van der Waals surface area contributed by atoms with Gasteiger partial charge in [0, 0.05) is 29.0 Å². The van der Waals surface area contributed by atoms with Crippen LogP contribution in [0.1, 0.15) is 19.4 Å². The van der Waals surface area contributed by atoms with Gasteiger partial charge in [-0.2, -0.15) is 0 Å². The summed E-state index contributed by atoms with van der Waals surface area (Å²) in [5.41, 5.74) is 0.893. The fraction of sp³-hybridized carbons (Fsp3) is 0.538. The predicted molar refractivity (Wildman–Crippen MR) is 75.2 cm³/mol. The van der Waals surface area contributed by atoms with Gasteiger partial charge in [-0.15, -0.1) is 0 Å². The lowest BCUT2D eigenvalue weighted by Gasteiger charge is -2.16. The molecule has 0 aromatic heterocycles. The minimum absolute atomic E-state index is 0.368. The Kier molecular flexibility index (Phi) is 7.51. The van der Waals surface area contributed by atoms with Gasteiger partial charge in [-0.3, -0.25) is 4.21 Å². The summed E-state index contributed by atoms with van der Waals surface area (Å²) in [6.45, 7) is 4.88. The molecule has 0 fully saturated rings. The molecule has 18 heavy (non-hydrogen) atoms. The van der Waals surface area contributed by atoms with Crippen LogP contribution in [-0.2, 0) is 26.0 Å². The van der Waals surface area contributed by atoms with Crippen LogP contribution in [0.25, 0.3) is 0 Å². The van der Waals surface area contributed by atoms with Gasteiger partial charge in [0.2, 0.25) is 0 Å². The first kappa shape index (κ1) is 15.6. The molecule has 5 heteroatoms. The Labute approximate surface area is 116 Å². The van der Waals surface area contributed by atoms with Crippen LogP contribution < -0.4 is 0 Å². The van der Waals surface area contributed by atoms with E-state index in [1.807, 2.05) is 32.0 Å². The number of benzene rings is 1. The smallest absolute Gasteiger partial charge is 0.168 e. The highest BCUT2D eigenvalue weighted by molar-refractivity contribution is 7.84. The maximum atomic E-state index is 12.0. The van der Waals surface area contributed by atoms with E-state index in [9.17, 15) is 4.21 Å². The lowest BCUT2D eigenvalue weighted by atomic mass is 10.2. The standard InChI is InChI=1S/C13H19ClO3S/c1-3-16-13(17-4-2)10-18(15)9-11-7-5-6-8-12(11)14/h5-8,13H,3-4,9-10H2,1-2H3. The summed E-state index contributed by atoms with van der Waals surface area (Å²) in [6.07, 6.45) is -0.400. The Bertz CT molecular complexity index is 378. The average molecular weight is 291 g/mol. The van der Waals surface area contributed by atoms with E-state index in [0.717, 1.165) is 5.56 Å². The molecule has 0 heterocycles. The maximum Gasteiger partial charge on any atom is 0.168 e. The zero-order valence-electron chi connectivity index (χ0n) is 10.7. The number of hydrogen-bond donors (Lipinski definition) is 0. The topological polar surface area (TPSA) is 35.5 Å². The Morgan fingerprint density at radius 1 is 1.22 bits per heavy atom. The summed E-state index contributed by atoms with van der Waals surface area (Å²) in [6, 6.07) is 7.44. The predicted octanol–water partition coefficient (Wildman–Crippen LogP) is 2.99. The molecule has 3 nitrogen and oxygen atoms in total. The van der Waals surface area contributed by atoms with Crippen LogP contribution in [0, 0.1) is 0 Å². The first-order valence-electron chi connectivity index (χ1n) is 5.99. The second kappa shape index (κ2) is 8.64. The highest BCUT2D eigenvalue weighted by atomic mass is 35.5. The van der Waals surface area contributed by atoms with Crippen molar-refractivity contribution in [3.05, 3.63) is 34.9 Å².